The van der Waals surface area contributed by atoms with Crippen LogP contribution in [0, 0.1) is 0 Å². The molecule has 1 N–H and O–H groups in total. The van der Waals surface area contributed by atoms with E-state index < -0.39 is 15.9 Å². The molecule has 0 spiro atoms. The summed E-state index contributed by atoms with van der Waals surface area (Å²) in [6.07, 6.45) is 0.714. The van der Waals surface area contributed by atoms with E-state index in [1.807, 2.05) is 56.3 Å². The lowest BCUT2D eigenvalue weighted by molar-refractivity contribution is -0.116. The van der Waals surface area contributed by atoms with Crippen molar-refractivity contribution in [3.63, 3.8) is 0 Å². The van der Waals surface area contributed by atoms with E-state index in [0.717, 1.165) is 0 Å². The molecule has 7 heteroatoms. The molecule has 0 saturated heterocycles. The zero-order chi connectivity index (χ0) is 21.0. The van der Waals surface area contributed by atoms with Gasteiger partial charge in [0.15, 0.2) is 4.91 Å². The van der Waals surface area contributed by atoms with Crippen molar-refractivity contribution in [3.8, 4) is 0 Å². The Morgan fingerprint density at radius 1 is 1.07 bits per heavy atom. The largest absolute Gasteiger partial charge is 0.379 e. The number of nitrogens with zero attached hydrogens (tertiary/aromatic N) is 1. The van der Waals surface area contributed by atoms with Crippen LogP contribution in [0.3, 0.4) is 0 Å². The third kappa shape index (κ3) is 4.36. The first-order chi connectivity index (χ1) is 13.8. The lowest BCUT2D eigenvalue weighted by atomic mass is 9.95. The van der Waals surface area contributed by atoms with Crippen molar-refractivity contribution >= 4 is 27.2 Å². The molecule has 1 aliphatic rings. The van der Waals surface area contributed by atoms with E-state index in [0.29, 0.717) is 42.0 Å². The molecule has 0 radical (unpaired) electrons. The predicted molar refractivity (Wildman–Crippen MR) is 115 cm³/mol. The number of carbonyl (C=O) groups excluding carboxylic acids is 1. The molecule has 1 heterocycles. The van der Waals surface area contributed by atoms with E-state index >= 15 is 0 Å². The lowest BCUT2D eigenvalue weighted by Crippen LogP contribution is -2.39. The van der Waals surface area contributed by atoms with Gasteiger partial charge in [-0.25, -0.2) is 8.42 Å². The summed E-state index contributed by atoms with van der Waals surface area (Å²) < 4.78 is 33.2. The molecule has 2 aromatic rings. The van der Waals surface area contributed by atoms with Gasteiger partial charge in [0.1, 0.15) is 0 Å². The summed E-state index contributed by atoms with van der Waals surface area (Å²) in [5.41, 5.74) is 2.37. The molecule has 0 atom stereocenters. The van der Waals surface area contributed by atoms with Crippen molar-refractivity contribution in [2.24, 2.45) is 0 Å². The van der Waals surface area contributed by atoms with Crippen LogP contribution in [-0.2, 0) is 19.6 Å². The van der Waals surface area contributed by atoms with Crippen LogP contribution >= 0.6 is 0 Å². The summed E-state index contributed by atoms with van der Waals surface area (Å²) in [4.78, 5) is 12.8. The van der Waals surface area contributed by atoms with Gasteiger partial charge in [-0.3, -0.25) is 9.10 Å². The molecule has 0 unspecified atom stereocenters. The second kappa shape index (κ2) is 8.80. The average Bonchev–Trinajstić information content (AvgIpc) is 2.70. The van der Waals surface area contributed by atoms with E-state index in [-0.39, 0.29) is 11.0 Å². The maximum absolute atomic E-state index is 13.3. The number of rotatable bonds is 7. The minimum atomic E-state index is -4.00. The standard InChI is InChI=1S/C22H26N2O4S/c1-16(2)28-15-9-14-23-22(25)21-20(17-10-5-4-6-11-17)18-12-7-8-13-19(18)24(3)29(21,26)27/h4-8,10-13,16H,9,14-15H2,1-3H3,(H,23,25). The van der Waals surface area contributed by atoms with Gasteiger partial charge in [-0.05, 0) is 31.9 Å². The van der Waals surface area contributed by atoms with Crippen LogP contribution in [-0.4, -0.2) is 40.6 Å². The van der Waals surface area contributed by atoms with E-state index in [4.69, 9.17) is 4.74 Å². The minimum Gasteiger partial charge on any atom is -0.379 e. The highest BCUT2D eigenvalue weighted by atomic mass is 32.2. The smallest absolute Gasteiger partial charge is 0.270 e. The van der Waals surface area contributed by atoms with Gasteiger partial charge in [-0.2, -0.15) is 0 Å². The number of anilines is 1. The Balaban J connectivity index is 2.03. The third-order valence-corrected chi connectivity index (χ3v) is 6.51. The van der Waals surface area contributed by atoms with Crippen molar-refractivity contribution < 1.29 is 17.9 Å². The van der Waals surface area contributed by atoms with Crippen molar-refractivity contribution in [1.29, 1.82) is 0 Å². The summed E-state index contributed by atoms with van der Waals surface area (Å²) in [6, 6.07) is 16.4. The SMILES string of the molecule is CC(C)OCCCNC(=O)C1=C(c2ccccc2)c2ccccc2N(C)S1(=O)=O. The number of fused-ring (bicyclic) bond motifs is 1. The number of nitrogens with one attached hydrogen (secondary N) is 1. The fourth-order valence-corrected chi connectivity index (χ4v) is 4.76. The molecular formula is C22H26N2O4S. The van der Waals surface area contributed by atoms with Crippen LogP contribution in [0.4, 0.5) is 5.69 Å². The van der Waals surface area contributed by atoms with E-state index in [1.54, 1.807) is 12.1 Å². The molecule has 0 aromatic heterocycles. The van der Waals surface area contributed by atoms with Crippen LogP contribution in [0.5, 0.6) is 0 Å². The number of sulfonamides is 1. The Bertz CT molecular complexity index is 1010. The molecule has 0 fully saturated rings. The van der Waals surface area contributed by atoms with Gasteiger partial charge in [0, 0.05) is 31.3 Å². The van der Waals surface area contributed by atoms with E-state index in [9.17, 15) is 13.2 Å². The van der Waals surface area contributed by atoms with Crippen LogP contribution in [0.25, 0.3) is 5.57 Å². The van der Waals surface area contributed by atoms with E-state index in [2.05, 4.69) is 5.32 Å². The molecule has 1 aliphatic heterocycles. The third-order valence-electron chi connectivity index (χ3n) is 4.68. The maximum Gasteiger partial charge on any atom is 0.270 e. The number of hydrogen-bond donors (Lipinski definition) is 1. The summed E-state index contributed by atoms with van der Waals surface area (Å²) in [7, 11) is -2.53. The predicted octanol–water partition coefficient (Wildman–Crippen LogP) is 3.16. The van der Waals surface area contributed by atoms with Gasteiger partial charge in [0.25, 0.3) is 15.9 Å². The second-order valence-electron chi connectivity index (χ2n) is 7.09. The zero-order valence-electron chi connectivity index (χ0n) is 16.9. The zero-order valence-corrected chi connectivity index (χ0v) is 17.7. The summed E-state index contributed by atoms with van der Waals surface area (Å²) in [5, 5.41) is 2.75. The number of carbonyl (C=O) groups is 1. The highest BCUT2D eigenvalue weighted by Crippen LogP contribution is 2.41. The first-order valence-electron chi connectivity index (χ1n) is 9.62. The minimum absolute atomic E-state index is 0.113. The highest BCUT2D eigenvalue weighted by molar-refractivity contribution is 7.97. The van der Waals surface area contributed by atoms with E-state index in [1.165, 1.54) is 11.4 Å². The highest BCUT2D eigenvalue weighted by Gasteiger charge is 2.39. The van der Waals surface area contributed by atoms with Gasteiger partial charge in [-0.1, -0.05) is 48.5 Å². The fourth-order valence-electron chi connectivity index (χ4n) is 3.27. The van der Waals surface area contributed by atoms with Gasteiger partial charge in [0.2, 0.25) is 0 Å². The monoisotopic (exact) mass is 414 g/mol. The first-order valence-corrected chi connectivity index (χ1v) is 11.1. The second-order valence-corrected chi connectivity index (χ2v) is 8.99. The summed E-state index contributed by atoms with van der Waals surface area (Å²) in [6.45, 7) is 4.71. The number of benzene rings is 2. The molecule has 0 aliphatic carbocycles. The molecule has 29 heavy (non-hydrogen) atoms. The van der Waals surface area contributed by atoms with Gasteiger partial charge in [-0.15, -0.1) is 0 Å². The molecular weight excluding hydrogens is 388 g/mol. The molecule has 1 amide bonds. The van der Waals surface area contributed by atoms with Gasteiger partial charge in [0.05, 0.1) is 11.8 Å². The normalized spacial score (nSPS) is 15.4. The molecule has 0 saturated carbocycles. The van der Waals surface area contributed by atoms with Crippen LogP contribution in [0.2, 0.25) is 0 Å². The Kier molecular flexibility index (Phi) is 6.39. The molecule has 154 valence electrons. The Labute approximate surface area is 172 Å². The molecule has 6 nitrogen and oxygen atoms in total. The summed E-state index contributed by atoms with van der Waals surface area (Å²) in [5.74, 6) is -0.602. The van der Waals surface area contributed by atoms with Gasteiger partial charge >= 0.3 is 0 Å². The molecule has 0 bridgehead atoms. The lowest BCUT2D eigenvalue weighted by Gasteiger charge is -2.30. The number of ether oxygens (including phenoxy) is 1. The number of para-hydroxylation sites is 1. The molecule has 3 rings (SSSR count). The Morgan fingerprint density at radius 2 is 1.72 bits per heavy atom. The van der Waals surface area contributed by atoms with Crippen LogP contribution in [0.1, 0.15) is 31.4 Å². The maximum atomic E-state index is 13.3. The van der Waals surface area contributed by atoms with Crippen molar-refractivity contribution in [2.45, 2.75) is 26.4 Å². The van der Waals surface area contributed by atoms with Crippen molar-refractivity contribution in [3.05, 3.63) is 70.6 Å². The Hall–Kier alpha value is -2.64. The fraction of sp³-hybridized carbons (Fsp3) is 0.318. The number of amides is 1. The Morgan fingerprint density at radius 3 is 2.41 bits per heavy atom. The topological polar surface area (TPSA) is 75.7 Å². The summed E-state index contributed by atoms with van der Waals surface area (Å²) >= 11 is 0. The van der Waals surface area contributed by atoms with Gasteiger partial charge < -0.3 is 10.1 Å². The van der Waals surface area contributed by atoms with Crippen LogP contribution < -0.4 is 9.62 Å². The van der Waals surface area contributed by atoms with Crippen molar-refractivity contribution in [2.75, 3.05) is 24.5 Å². The average molecular weight is 415 g/mol. The number of hydrogen-bond acceptors (Lipinski definition) is 4. The molecule has 2 aromatic carbocycles. The quantitative estimate of drug-likeness (QED) is 0.706. The van der Waals surface area contributed by atoms with Crippen LogP contribution in [0.15, 0.2) is 59.5 Å². The first kappa shape index (κ1) is 21.1. The van der Waals surface area contributed by atoms with Crippen molar-refractivity contribution in [1.82, 2.24) is 5.32 Å².